The van der Waals surface area contributed by atoms with Crippen LogP contribution >= 0.6 is 0 Å². The van der Waals surface area contributed by atoms with E-state index in [9.17, 15) is 31.5 Å². The zero-order chi connectivity index (χ0) is 25.3. The van der Waals surface area contributed by atoms with Gasteiger partial charge in [-0.25, -0.2) is 4.79 Å². The highest BCUT2D eigenvalue weighted by Gasteiger charge is 2.48. The number of hydrogen-bond acceptors (Lipinski definition) is 5. The number of nitrogens with zero attached hydrogens (tertiary/aromatic N) is 1. The quantitative estimate of drug-likeness (QED) is 0.335. The van der Waals surface area contributed by atoms with E-state index in [2.05, 4.69) is 14.5 Å². The molecule has 0 unspecified atom stereocenters. The fourth-order valence-electron chi connectivity index (χ4n) is 3.52. The van der Waals surface area contributed by atoms with Crippen LogP contribution in [-0.2, 0) is 23.1 Å². The Morgan fingerprint density at radius 1 is 1.15 bits per heavy atom. The molecule has 0 spiro atoms. The molecular formula is C23H23F3N2O5S. The number of nitrogens with one attached hydrogen (secondary N) is 1. The molecule has 0 bridgehead atoms. The first-order valence-electron chi connectivity index (χ1n) is 10.3. The fourth-order valence-corrected chi connectivity index (χ4v) is 3.97. The number of aryl methyl sites for hydroxylation is 1. The lowest BCUT2D eigenvalue weighted by atomic mass is 9.91. The summed E-state index contributed by atoms with van der Waals surface area (Å²) in [7, 11) is -5.87. The van der Waals surface area contributed by atoms with E-state index < -0.39 is 27.5 Å². The van der Waals surface area contributed by atoms with Gasteiger partial charge in [-0.3, -0.25) is 4.98 Å². The standard InChI is InChI=1S/C23H23F3N2O5S/c1-13(2)10-20-18(12-27-22(29)30)21(15-6-4-14(3)5-7-15)17-11-16(8-9-19(17)28-20)33-34(31,32)23(24,25)26/h4-9,11,13,27H,10,12H2,1-3H3,(H,29,30). The van der Waals surface area contributed by atoms with Gasteiger partial charge in [-0.2, -0.15) is 21.6 Å². The maximum Gasteiger partial charge on any atom is 0.534 e. The molecule has 182 valence electrons. The van der Waals surface area contributed by atoms with Gasteiger partial charge in [0.15, 0.2) is 0 Å². The fraction of sp³-hybridized carbons (Fsp3) is 0.304. The summed E-state index contributed by atoms with van der Waals surface area (Å²) in [6.45, 7) is 5.74. The number of aromatic nitrogens is 1. The number of rotatable bonds is 7. The van der Waals surface area contributed by atoms with Gasteiger partial charge in [-0.15, -0.1) is 0 Å². The number of benzene rings is 2. The monoisotopic (exact) mass is 496 g/mol. The Labute approximate surface area is 194 Å². The molecule has 3 aromatic rings. The first kappa shape index (κ1) is 25.3. The summed E-state index contributed by atoms with van der Waals surface area (Å²) < 4.78 is 65.9. The molecular weight excluding hydrogens is 473 g/mol. The van der Waals surface area contributed by atoms with Crippen molar-refractivity contribution in [3.63, 3.8) is 0 Å². The predicted molar refractivity (Wildman–Crippen MR) is 121 cm³/mol. The molecule has 7 nitrogen and oxygen atoms in total. The highest BCUT2D eigenvalue weighted by Crippen LogP contribution is 2.37. The third-order valence-electron chi connectivity index (χ3n) is 4.99. The molecule has 2 aromatic carbocycles. The second-order valence-corrected chi connectivity index (χ2v) is 9.73. The lowest BCUT2D eigenvalue weighted by Crippen LogP contribution is -2.28. The van der Waals surface area contributed by atoms with E-state index in [1.165, 1.54) is 12.1 Å². The van der Waals surface area contributed by atoms with Crippen molar-refractivity contribution in [3.8, 4) is 16.9 Å². The Balaban J connectivity index is 2.32. The first-order chi connectivity index (χ1) is 15.8. The lowest BCUT2D eigenvalue weighted by molar-refractivity contribution is -0.0500. The van der Waals surface area contributed by atoms with Gasteiger partial charge in [0.2, 0.25) is 0 Å². The van der Waals surface area contributed by atoms with Gasteiger partial charge in [-0.05, 0) is 48.6 Å². The molecule has 0 aliphatic rings. The minimum absolute atomic E-state index is 0.102. The van der Waals surface area contributed by atoms with Gasteiger partial charge in [0.05, 0.1) is 5.52 Å². The van der Waals surface area contributed by atoms with Crippen molar-refractivity contribution in [2.45, 2.75) is 39.2 Å². The average Bonchev–Trinajstić information content (AvgIpc) is 2.71. The molecule has 0 aliphatic heterocycles. The molecule has 0 atom stereocenters. The minimum atomic E-state index is -5.87. The number of halogens is 3. The number of fused-ring (bicyclic) bond motifs is 1. The molecule has 2 N–H and O–H groups in total. The van der Waals surface area contributed by atoms with Crippen molar-refractivity contribution in [2.75, 3.05) is 0 Å². The van der Waals surface area contributed by atoms with Crippen LogP contribution in [0.3, 0.4) is 0 Å². The van der Waals surface area contributed by atoms with Crippen LogP contribution in [0.2, 0.25) is 0 Å². The molecule has 0 fully saturated rings. The highest BCUT2D eigenvalue weighted by molar-refractivity contribution is 7.88. The molecule has 0 aliphatic carbocycles. The van der Waals surface area contributed by atoms with Gasteiger partial charge < -0.3 is 14.6 Å². The summed E-state index contributed by atoms with van der Waals surface area (Å²) in [5.41, 5.74) is -1.84. The number of carbonyl (C=O) groups is 1. The van der Waals surface area contributed by atoms with Crippen molar-refractivity contribution in [2.24, 2.45) is 5.92 Å². The van der Waals surface area contributed by atoms with Crippen molar-refractivity contribution in [1.82, 2.24) is 10.3 Å². The Kier molecular flexibility index (Phi) is 7.06. The van der Waals surface area contributed by atoms with Gasteiger partial charge in [0, 0.05) is 23.2 Å². The molecule has 0 saturated heterocycles. The van der Waals surface area contributed by atoms with Crippen molar-refractivity contribution >= 4 is 27.1 Å². The normalized spacial score (nSPS) is 12.2. The molecule has 3 rings (SSSR count). The Hall–Kier alpha value is -3.34. The van der Waals surface area contributed by atoms with Crippen molar-refractivity contribution in [3.05, 3.63) is 59.3 Å². The van der Waals surface area contributed by atoms with E-state index in [0.29, 0.717) is 39.7 Å². The van der Waals surface area contributed by atoms with E-state index in [0.717, 1.165) is 11.6 Å². The molecule has 1 heterocycles. The number of amides is 1. The summed E-state index contributed by atoms with van der Waals surface area (Å²) >= 11 is 0. The van der Waals surface area contributed by atoms with Gasteiger partial charge in [0.1, 0.15) is 5.75 Å². The van der Waals surface area contributed by atoms with E-state index in [4.69, 9.17) is 0 Å². The largest absolute Gasteiger partial charge is 0.534 e. The van der Waals surface area contributed by atoms with Crippen LogP contribution in [0.5, 0.6) is 5.75 Å². The third kappa shape index (κ3) is 5.58. The highest BCUT2D eigenvalue weighted by atomic mass is 32.2. The average molecular weight is 497 g/mol. The molecule has 34 heavy (non-hydrogen) atoms. The Bertz CT molecular complexity index is 1320. The maximum atomic E-state index is 12.8. The van der Waals surface area contributed by atoms with E-state index in [-0.39, 0.29) is 12.5 Å². The third-order valence-corrected chi connectivity index (χ3v) is 5.97. The van der Waals surface area contributed by atoms with Crippen LogP contribution in [0.4, 0.5) is 18.0 Å². The predicted octanol–water partition coefficient (Wildman–Crippen LogP) is 5.40. The lowest BCUT2D eigenvalue weighted by Gasteiger charge is -2.19. The van der Waals surface area contributed by atoms with Crippen LogP contribution in [0, 0.1) is 12.8 Å². The van der Waals surface area contributed by atoms with Crippen LogP contribution in [-0.4, -0.2) is 30.1 Å². The molecule has 0 radical (unpaired) electrons. The minimum Gasteiger partial charge on any atom is -0.465 e. The second-order valence-electron chi connectivity index (χ2n) is 8.20. The van der Waals surface area contributed by atoms with Gasteiger partial charge >= 0.3 is 21.7 Å². The zero-order valence-electron chi connectivity index (χ0n) is 18.6. The van der Waals surface area contributed by atoms with E-state index >= 15 is 0 Å². The van der Waals surface area contributed by atoms with E-state index in [1.807, 2.05) is 32.9 Å². The van der Waals surface area contributed by atoms with Gasteiger partial charge in [0.25, 0.3) is 0 Å². The van der Waals surface area contributed by atoms with Crippen LogP contribution < -0.4 is 9.50 Å². The summed E-state index contributed by atoms with van der Waals surface area (Å²) in [6.07, 6.45) is -0.731. The number of alkyl halides is 3. The maximum absolute atomic E-state index is 12.8. The van der Waals surface area contributed by atoms with E-state index in [1.54, 1.807) is 12.1 Å². The summed E-state index contributed by atoms with van der Waals surface area (Å²) in [6, 6.07) is 10.9. The summed E-state index contributed by atoms with van der Waals surface area (Å²) in [5.74, 6) is -0.354. The van der Waals surface area contributed by atoms with Crippen LogP contribution in [0.25, 0.3) is 22.0 Å². The second kappa shape index (κ2) is 9.49. The summed E-state index contributed by atoms with van der Waals surface area (Å²) in [5, 5.41) is 11.8. The molecule has 1 aromatic heterocycles. The smallest absolute Gasteiger partial charge is 0.465 e. The number of hydrogen-bond donors (Lipinski definition) is 2. The van der Waals surface area contributed by atoms with Crippen molar-refractivity contribution < 1.29 is 35.7 Å². The Morgan fingerprint density at radius 3 is 2.35 bits per heavy atom. The topological polar surface area (TPSA) is 106 Å². The zero-order valence-corrected chi connectivity index (χ0v) is 19.4. The number of carboxylic acid groups (broad SMARTS) is 1. The molecule has 11 heteroatoms. The molecule has 1 amide bonds. The Morgan fingerprint density at radius 2 is 1.79 bits per heavy atom. The van der Waals surface area contributed by atoms with Crippen LogP contribution in [0.1, 0.15) is 30.7 Å². The van der Waals surface area contributed by atoms with Crippen LogP contribution in [0.15, 0.2) is 42.5 Å². The SMILES string of the molecule is Cc1ccc(-c2c(CNC(=O)O)c(CC(C)C)nc3ccc(OS(=O)(=O)C(F)(F)F)cc23)cc1. The summed E-state index contributed by atoms with van der Waals surface area (Å²) in [4.78, 5) is 15.9. The van der Waals surface area contributed by atoms with Crippen molar-refractivity contribution in [1.29, 1.82) is 0 Å². The molecule has 0 saturated carbocycles. The first-order valence-corrected chi connectivity index (χ1v) is 11.7. The van der Waals surface area contributed by atoms with Gasteiger partial charge in [-0.1, -0.05) is 43.7 Å². The number of pyridine rings is 1.